The van der Waals surface area contributed by atoms with Crippen molar-refractivity contribution < 1.29 is 19.5 Å². The first-order chi connectivity index (χ1) is 16.5. The molecule has 1 N–H and O–H groups in total. The molecule has 5 rings (SSSR count). The summed E-state index contributed by atoms with van der Waals surface area (Å²) in [6, 6.07) is 8.34. The highest BCUT2D eigenvalue weighted by molar-refractivity contribution is 7.13. The van der Waals surface area contributed by atoms with Crippen LogP contribution in [-0.4, -0.2) is 76.3 Å². The van der Waals surface area contributed by atoms with Crippen molar-refractivity contribution in [1.82, 2.24) is 14.2 Å². The van der Waals surface area contributed by atoms with Crippen molar-refractivity contribution in [2.24, 2.45) is 11.3 Å². The topological polar surface area (TPSA) is 94.1 Å². The lowest BCUT2D eigenvalue weighted by molar-refractivity contribution is -0.168. The molecule has 8 nitrogen and oxygen atoms in total. The second-order valence-electron chi connectivity index (χ2n) is 9.94. The molecule has 1 aliphatic carbocycles. The molecule has 1 atom stereocenters. The lowest BCUT2D eigenvalue weighted by Gasteiger charge is -2.41. The molecule has 2 amide bonds. The first-order valence-electron chi connectivity index (χ1n) is 12.4. The van der Waals surface area contributed by atoms with Gasteiger partial charge in [-0.05, 0) is 55.9 Å². The number of aromatic nitrogens is 1. The van der Waals surface area contributed by atoms with Crippen molar-refractivity contribution in [3.8, 4) is 0 Å². The van der Waals surface area contributed by atoms with E-state index in [1.54, 1.807) is 11.5 Å². The van der Waals surface area contributed by atoms with Gasteiger partial charge in [0.2, 0.25) is 11.8 Å². The van der Waals surface area contributed by atoms with Crippen molar-refractivity contribution in [2.45, 2.75) is 44.9 Å². The van der Waals surface area contributed by atoms with E-state index in [2.05, 4.69) is 32.4 Å². The van der Waals surface area contributed by atoms with Gasteiger partial charge in [-0.1, -0.05) is 25.0 Å². The van der Waals surface area contributed by atoms with Gasteiger partial charge in [0, 0.05) is 49.9 Å². The van der Waals surface area contributed by atoms with Crippen LogP contribution in [0.3, 0.4) is 0 Å². The fraction of sp³-hybridized carbons (Fsp3) is 0.600. The van der Waals surface area contributed by atoms with Crippen LogP contribution in [0.25, 0.3) is 10.1 Å². The molecule has 3 aliphatic rings. The maximum absolute atomic E-state index is 13.0. The fourth-order valence-corrected chi connectivity index (χ4v) is 6.87. The number of hydrogen-bond donors (Lipinski definition) is 1. The van der Waals surface area contributed by atoms with Gasteiger partial charge in [0.15, 0.2) is 0 Å². The number of likely N-dealkylation sites (tertiary alicyclic amines) is 1. The number of fused-ring (bicyclic) bond motifs is 1. The predicted octanol–water partition coefficient (Wildman–Crippen LogP) is 3.22. The third kappa shape index (κ3) is 4.31. The monoisotopic (exact) mass is 484 g/mol. The SMILES string of the molecule is O=C(O)C1C(=O)N(CCCCN2CCN(c3nsc4ccccc34)CC2)C(=O)CC12CCCC2. The second-order valence-corrected chi connectivity index (χ2v) is 10.7. The highest BCUT2D eigenvalue weighted by Gasteiger charge is 2.56. The highest BCUT2D eigenvalue weighted by Crippen LogP contribution is 2.50. The summed E-state index contributed by atoms with van der Waals surface area (Å²) in [5.41, 5.74) is -0.654. The van der Waals surface area contributed by atoms with Crippen molar-refractivity contribution in [3.05, 3.63) is 24.3 Å². The summed E-state index contributed by atoms with van der Waals surface area (Å²) in [7, 11) is 0. The number of carbonyl (C=O) groups is 3. The van der Waals surface area contributed by atoms with Crippen LogP contribution in [0.1, 0.15) is 44.9 Å². The van der Waals surface area contributed by atoms with Crippen molar-refractivity contribution in [3.63, 3.8) is 0 Å². The number of benzene rings is 1. The molecule has 0 radical (unpaired) electrons. The normalized spacial score (nSPS) is 23.4. The minimum Gasteiger partial charge on any atom is -0.481 e. The molecule has 2 saturated heterocycles. The van der Waals surface area contributed by atoms with Gasteiger partial charge < -0.3 is 10.0 Å². The van der Waals surface area contributed by atoms with Gasteiger partial charge >= 0.3 is 5.97 Å². The number of carboxylic acids is 1. The maximum Gasteiger partial charge on any atom is 0.316 e. The molecule has 1 aromatic carbocycles. The highest BCUT2D eigenvalue weighted by atomic mass is 32.1. The lowest BCUT2D eigenvalue weighted by atomic mass is 9.68. The summed E-state index contributed by atoms with van der Waals surface area (Å²) in [6.45, 7) is 5.00. The average molecular weight is 485 g/mol. The molecule has 1 saturated carbocycles. The Morgan fingerprint density at radius 2 is 1.76 bits per heavy atom. The number of aliphatic carboxylic acids is 1. The molecule has 2 aromatic rings. The molecule has 2 aliphatic heterocycles. The quantitative estimate of drug-likeness (QED) is 0.366. The average Bonchev–Trinajstić information content (AvgIpc) is 3.46. The number of carboxylic acid groups (broad SMARTS) is 1. The Bertz CT molecular complexity index is 1070. The van der Waals surface area contributed by atoms with Crippen molar-refractivity contribution in [1.29, 1.82) is 0 Å². The Balaban J connectivity index is 1.09. The van der Waals surface area contributed by atoms with Crippen LogP contribution in [-0.2, 0) is 14.4 Å². The standard InChI is InChI=1S/C25H32N4O4S/c30-20-17-25(9-3-4-10-25)21(24(32)33)23(31)29(20)12-6-5-11-27-13-15-28(16-14-27)22-18-7-1-2-8-19(18)34-26-22/h1-2,7-8,21H,3-6,9-17H2,(H,32,33). The molecule has 0 bridgehead atoms. The molecular weight excluding hydrogens is 452 g/mol. The van der Waals surface area contributed by atoms with Crippen LogP contribution in [0.4, 0.5) is 5.82 Å². The van der Waals surface area contributed by atoms with E-state index in [-0.39, 0.29) is 12.3 Å². The number of amides is 2. The molecule has 34 heavy (non-hydrogen) atoms. The Hall–Kier alpha value is -2.52. The number of piperazine rings is 1. The third-order valence-corrected chi connectivity index (χ3v) is 8.73. The summed E-state index contributed by atoms with van der Waals surface area (Å²) in [6.07, 6.45) is 4.90. The van der Waals surface area contributed by atoms with Gasteiger partial charge in [0.05, 0.1) is 4.70 Å². The molecule has 9 heteroatoms. The fourth-order valence-electron chi connectivity index (χ4n) is 6.08. The second kappa shape index (κ2) is 9.62. The largest absolute Gasteiger partial charge is 0.481 e. The minimum atomic E-state index is -1.07. The molecule has 3 heterocycles. The molecule has 1 spiro atoms. The van der Waals surface area contributed by atoms with E-state index in [9.17, 15) is 19.5 Å². The molecule has 3 fully saturated rings. The zero-order chi connectivity index (χ0) is 23.7. The Kier molecular flexibility index (Phi) is 6.57. The lowest BCUT2D eigenvalue weighted by Crippen LogP contribution is -2.56. The van der Waals surface area contributed by atoms with E-state index in [1.807, 2.05) is 6.07 Å². The number of unbranched alkanes of at least 4 members (excludes halogenated alkanes) is 1. The molecule has 1 unspecified atom stereocenters. The molecule has 182 valence electrons. The Morgan fingerprint density at radius 1 is 1.06 bits per heavy atom. The Labute approximate surface area is 203 Å². The van der Waals surface area contributed by atoms with Gasteiger partial charge in [-0.2, -0.15) is 4.37 Å². The van der Waals surface area contributed by atoms with E-state index >= 15 is 0 Å². The zero-order valence-electron chi connectivity index (χ0n) is 19.4. The summed E-state index contributed by atoms with van der Waals surface area (Å²) in [5, 5.41) is 11.0. The summed E-state index contributed by atoms with van der Waals surface area (Å²) in [4.78, 5) is 43.7. The number of piperidine rings is 1. The third-order valence-electron chi connectivity index (χ3n) is 7.91. The first-order valence-corrected chi connectivity index (χ1v) is 13.1. The number of rotatable bonds is 7. The maximum atomic E-state index is 13.0. The van der Waals surface area contributed by atoms with E-state index in [1.165, 1.54) is 15.0 Å². The predicted molar refractivity (Wildman–Crippen MR) is 131 cm³/mol. The van der Waals surface area contributed by atoms with E-state index in [0.717, 1.165) is 57.8 Å². The van der Waals surface area contributed by atoms with E-state index < -0.39 is 23.2 Å². The van der Waals surface area contributed by atoms with Gasteiger partial charge in [-0.3, -0.25) is 24.2 Å². The number of carbonyl (C=O) groups excluding carboxylic acids is 2. The Morgan fingerprint density at radius 3 is 2.50 bits per heavy atom. The number of hydrogen-bond acceptors (Lipinski definition) is 7. The summed E-state index contributed by atoms with van der Waals surface area (Å²) >= 11 is 1.55. The van der Waals surface area contributed by atoms with Gasteiger partial charge in [0.25, 0.3) is 0 Å². The number of anilines is 1. The summed E-state index contributed by atoms with van der Waals surface area (Å²) < 4.78 is 5.88. The van der Waals surface area contributed by atoms with Crippen molar-refractivity contribution in [2.75, 3.05) is 44.2 Å². The zero-order valence-corrected chi connectivity index (χ0v) is 20.3. The van der Waals surface area contributed by atoms with Crippen LogP contribution in [0.5, 0.6) is 0 Å². The minimum absolute atomic E-state index is 0.187. The van der Waals surface area contributed by atoms with Gasteiger partial charge in [-0.15, -0.1) is 0 Å². The molecule has 1 aromatic heterocycles. The first kappa shape index (κ1) is 23.2. The van der Waals surface area contributed by atoms with E-state index in [4.69, 9.17) is 0 Å². The summed E-state index contributed by atoms with van der Waals surface area (Å²) in [5.74, 6) is -1.74. The molecular formula is C25H32N4O4S. The van der Waals surface area contributed by atoms with Crippen LogP contribution >= 0.6 is 11.5 Å². The van der Waals surface area contributed by atoms with Crippen LogP contribution < -0.4 is 4.90 Å². The van der Waals surface area contributed by atoms with Crippen LogP contribution in [0.2, 0.25) is 0 Å². The van der Waals surface area contributed by atoms with Gasteiger partial charge in [0.1, 0.15) is 11.7 Å². The van der Waals surface area contributed by atoms with Gasteiger partial charge in [-0.25, -0.2) is 0 Å². The smallest absolute Gasteiger partial charge is 0.316 e. The number of nitrogens with zero attached hydrogens (tertiary/aromatic N) is 4. The van der Waals surface area contributed by atoms with Crippen LogP contribution in [0.15, 0.2) is 24.3 Å². The number of imide groups is 1. The van der Waals surface area contributed by atoms with Crippen LogP contribution in [0, 0.1) is 11.3 Å². The van der Waals surface area contributed by atoms with E-state index in [0.29, 0.717) is 25.8 Å². The van der Waals surface area contributed by atoms with Crippen molar-refractivity contribution >= 4 is 45.2 Å².